The SMILES string of the molecule is CCC(CC)C(=O)/C=C(\O)C(CC)CC.CC[Si](CC)(CC)c1ccc(-c2sc3c(-c4[c-]c5ccccc5c(C(C)(C)C)c4)nccc3c2C(C)(C)C)cc1.[Ir]. The molecule has 56 heavy (non-hydrogen) atoms. The van der Waals surface area contributed by atoms with Crippen LogP contribution in [-0.4, -0.2) is 23.9 Å². The molecule has 0 unspecified atom stereocenters. The maximum Gasteiger partial charge on any atom is 0.162 e. The van der Waals surface area contributed by atoms with Crippen molar-refractivity contribution in [2.24, 2.45) is 11.8 Å². The molecule has 0 atom stereocenters. The van der Waals surface area contributed by atoms with E-state index in [4.69, 9.17) is 4.98 Å². The van der Waals surface area contributed by atoms with Crippen molar-refractivity contribution < 1.29 is 30.0 Å². The van der Waals surface area contributed by atoms with Crippen LogP contribution in [0.2, 0.25) is 18.1 Å². The number of aliphatic hydroxyl groups excluding tert-OH is 1. The first kappa shape index (κ1) is 47.5. The predicted molar refractivity (Wildman–Crippen MR) is 245 cm³/mol. The molecule has 0 spiro atoms. The molecule has 2 aromatic heterocycles. The largest absolute Gasteiger partial charge is 0.512 e. The summed E-state index contributed by atoms with van der Waals surface area (Å²) in [5, 5.41) is 15.1. The molecule has 1 radical (unpaired) electrons. The Labute approximate surface area is 358 Å². The summed E-state index contributed by atoms with van der Waals surface area (Å²) >= 11 is 1.90. The molecule has 0 bridgehead atoms. The molecule has 6 heteroatoms. The number of aromatic nitrogens is 1. The molecule has 0 aliphatic carbocycles. The molecule has 0 fully saturated rings. The number of ketones is 1. The zero-order valence-electron chi connectivity index (χ0n) is 36.6. The summed E-state index contributed by atoms with van der Waals surface area (Å²) in [6.07, 6.45) is 6.90. The number of nitrogens with zero attached hydrogens (tertiary/aromatic N) is 1. The van der Waals surface area contributed by atoms with Gasteiger partial charge in [0.15, 0.2) is 5.78 Å². The molecular formula is C50H68IrNO2SSi-. The van der Waals surface area contributed by atoms with E-state index in [9.17, 15) is 9.90 Å². The number of benzene rings is 3. The molecule has 0 aliphatic rings. The third kappa shape index (κ3) is 10.4. The van der Waals surface area contributed by atoms with E-state index in [0.717, 1.165) is 42.3 Å². The van der Waals surface area contributed by atoms with Crippen LogP contribution in [0.1, 0.15) is 127 Å². The minimum Gasteiger partial charge on any atom is -0.512 e. The van der Waals surface area contributed by atoms with Gasteiger partial charge in [-0.05, 0) is 59.1 Å². The summed E-state index contributed by atoms with van der Waals surface area (Å²) in [5.41, 5.74) is 6.24. The van der Waals surface area contributed by atoms with Crippen LogP contribution in [0.25, 0.3) is 42.6 Å². The van der Waals surface area contributed by atoms with Crippen LogP contribution >= 0.6 is 11.3 Å². The Bertz CT molecular complexity index is 2060. The molecule has 1 N–H and O–H groups in total. The summed E-state index contributed by atoms with van der Waals surface area (Å²) in [6.45, 7) is 29.2. The van der Waals surface area contributed by atoms with Crippen molar-refractivity contribution in [3.05, 3.63) is 95.9 Å². The van der Waals surface area contributed by atoms with Gasteiger partial charge in [-0.15, -0.1) is 40.5 Å². The molecule has 2 heterocycles. The second-order valence-electron chi connectivity index (χ2n) is 17.4. The van der Waals surface area contributed by atoms with Crippen LogP contribution in [0.5, 0.6) is 0 Å². The van der Waals surface area contributed by atoms with E-state index in [-0.39, 0.29) is 54.3 Å². The number of carbonyl (C=O) groups excluding carboxylic acids is 1. The van der Waals surface area contributed by atoms with E-state index in [1.165, 1.54) is 61.2 Å². The predicted octanol–water partition coefficient (Wildman–Crippen LogP) is 14.8. The Kier molecular flexibility index (Phi) is 17.1. The van der Waals surface area contributed by atoms with E-state index in [2.05, 4.69) is 129 Å². The van der Waals surface area contributed by atoms with Gasteiger partial charge in [-0.3, -0.25) is 9.78 Å². The minimum atomic E-state index is -1.41. The number of fused-ring (bicyclic) bond motifs is 2. The van der Waals surface area contributed by atoms with Crippen LogP contribution in [0, 0.1) is 17.9 Å². The molecule has 0 saturated carbocycles. The molecule has 5 aromatic rings. The normalized spacial score (nSPS) is 12.6. The number of rotatable bonds is 13. The molecule has 3 nitrogen and oxygen atoms in total. The zero-order chi connectivity index (χ0) is 40.7. The van der Waals surface area contributed by atoms with Gasteiger partial charge in [0, 0.05) is 59.5 Å². The van der Waals surface area contributed by atoms with Gasteiger partial charge in [0.05, 0.1) is 13.8 Å². The molecule has 3 aromatic carbocycles. The number of thiophene rings is 1. The quantitative estimate of drug-likeness (QED) is 0.0554. The summed E-state index contributed by atoms with van der Waals surface area (Å²) in [5.74, 6) is 0.547. The third-order valence-electron chi connectivity index (χ3n) is 12.1. The van der Waals surface area contributed by atoms with Crippen molar-refractivity contribution in [1.82, 2.24) is 4.98 Å². The second kappa shape index (κ2) is 20.2. The Morgan fingerprint density at radius 1 is 0.786 bits per heavy atom. The second-order valence-corrected chi connectivity index (χ2v) is 23.7. The van der Waals surface area contributed by atoms with E-state index in [1.807, 2.05) is 45.2 Å². The van der Waals surface area contributed by atoms with Gasteiger partial charge in [-0.2, -0.15) is 0 Å². The number of carbonyl (C=O) groups is 1. The van der Waals surface area contributed by atoms with Crippen molar-refractivity contribution in [2.45, 2.75) is 145 Å². The van der Waals surface area contributed by atoms with Gasteiger partial charge < -0.3 is 5.11 Å². The van der Waals surface area contributed by atoms with Crippen LogP contribution in [0.15, 0.2) is 78.7 Å². The number of pyridine rings is 1. The van der Waals surface area contributed by atoms with Gasteiger partial charge in [0.2, 0.25) is 0 Å². The summed E-state index contributed by atoms with van der Waals surface area (Å²) in [7, 11) is -1.41. The van der Waals surface area contributed by atoms with Gasteiger partial charge in [0.1, 0.15) is 0 Å². The molecule has 0 saturated heterocycles. The van der Waals surface area contributed by atoms with Gasteiger partial charge in [-0.1, -0.05) is 167 Å². The van der Waals surface area contributed by atoms with Crippen LogP contribution in [0.4, 0.5) is 0 Å². The maximum atomic E-state index is 11.7. The van der Waals surface area contributed by atoms with Crippen LogP contribution < -0.4 is 5.19 Å². The smallest absolute Gasteiger partial charge is 0.162 e. The summed E-state index contributed by atoms with van der Waals surface area (Å²) < 4.78 is 1.26. The van der Waals surface area contributed by atoms with Crippen molar-refractivity contribution in [1.29, 1.82) is 0 Å². The van der Waals surface area contributed by atoms with Crippen LogP contribution in [-0.2, 0) is 35.7 Å². The Morgan fingerprint density at radius 3 is 1.88 bits per heavy atom. The molecule has 0 aliphatic heterocycles. The fraction of sp³-hybridized carbons (Fsp3) is 0.480. The fourth-order valence-electron chi connectivity index (χ4n) is 8.26. The zero-order valence-corrected chi connectivity index (χ0v) is 40.8. The van der Waals surface area contributed by atoms with E-state index in [1.54, 1.807) is 5.19 Å². The van der Waals surface area contributed by atoms with Gasteiger partial charge in [-0.25, -0.2) is 0 Å². The van der Waals surface area contributed by atoms with Crippen molar-refractivity contribution in [2.75, 3.05) is 0 Å². The fourth-order valence-corrected chi connectivity index (χ4v) is 13.4. The molecule has 5 rings (SSSR count). The van der Waals surface area contributed by atoms with E-state index < -0.39 is 8.07 Å². The number of hydrogen-bond donors (Lipinski definition) is 1. The average molecular weight is 967 g/mol. The molecule has 305 valence electrons. The van der Waals surface area contributed by atoms with Crippen molar-refractivity contribution >= 4 is 51.2 Å². The Balaban J connectivity index is 0.000000448. The van der Waals surface area contributed by atoms with Gasteiger partial charge in [0.25, 0.3) is 0 Å². The summed E-state index contributed by atoms with van der Waals surface area (Å²) in [4.78, 5) is 18.1. The first-order valence-corrected chi connectivity index (χ1v) is 24.4. The van der Waals surface area contributed by atoms with Crippen molar-refractivity contribution in [3.8, 4) is 21.7 Å². The number of aliphatic hydroxyl groups is 1. The number of allylic oxidation sites excluding steroid dienone is 2. The summed E-state index contributed by atoms with van der Waals surface area (Å²) in [6, 6.07) is 30.6. The van der Waals surface area contributed by atoms with E-state index >= 15 is 0 Å². The van der Waals surface area contributed by atoms with Crippen LogP contribution in [0.3, 0.4) is 0 Å². The topological polar surface area (TPSA) is 50.2 Å². The minimum absolute atomic E-state index is 0. The maximum absolute atomic E-state index is 11.7. The Morgan fingerprint density at radius 2 is 1.36 bits per heavy atom. The first-order chi connectivity index (χ1) is 26.0. The van der Waals surface area contributed by atoms with E-state index in [0.29, 0.717) is 0 Å². The molecule has 0 amide bonds. The first-order valence-electron chi connectivity index (χ1n) is 21.0. The standard InChI is InChI=1S/C37H44NSSi.C13H24O2.Ir/c1-10-40(11-2,12-3)28-19-17-25(18-20-28)34-32(37(7,8)9)30-21-22-38-33(35(30)39-34)27-23-26-15-13-14-16-29(26)31(24-27)36(4,5)6;1-5-10(6-2)12(14)9-13(15)11(7-3)8-4;/h13-22,24H,10-12H2,1-9H3;9-11,14H,5-8H2,1-4H3;/q-1;;/b;12-9-;. The number of hydrogen-bond acceptors (Lipinski definition) is 4. The third-order valence-corrected chi connectivity index (χ3v) is 18.9. The monoisotopic (exact) mass is 967 g/mol. The van der Waals surface area contributed by atoms with Crippen molar-refractivity contribution in [3.63, 3.8) is 0 Å². The van der Waals surface area contributed by atoms with Gasteiger partial charge >= 0.3 is 0 Å². The Hall–Kier alpha value is -2.89. The average Bonchev–Trinajstić information content (AvgIpc) is 3.57. The molecular weight excluding hydrogens is 899 g/mol.